The van der Waals surface area contributed by atoms with Crippen molar-refractivity contribution in [2.45, 2.75) is 47.0 Å². The Morgan fingerprint density at radius 1 is 0.885 bits per heavy atom. The maximum atomic E-state index is 6.12. The fourth-order valence-electron chi connectivity index (χ4n) is 3.61. The second-order valence-electron chi connectivity index (χ2n) is 8.17. The Labute approximate surface area is 155 Å². The third kappa shape index (κ3) is 2.50. The first-order valence-electron chi connectivity index (χ1n) is 9.04. The van der Waals surface area contributed by atoms with Crippen LogP contribution in [-0.4, -0.2) is 0 Å². The number of para-hydroxylation sites is 2. The van der Waals surface area contributed by atoms with E-state index in [1.807, 2.05) is 25.1 Å². The van der Waals surface area contributed by atoms with Crippen LogP contribution in [0, 0.1) is 20.8 Å². The molecule has 2 heterocycles. The van der Waals surface area contributed by atoms with Crippen molar-refractivity contribution in [2.75, 3.05) is 4.90 Å². The average Bonchev–Trinajstić information content (AvgIpc) is 2.93. The molecule has 3 heteroatoms. The molecule has 0 spiro atoms. The smallest absolute Gasteiger partial charge is 0.248 e. The first-order chi connectivity index (χ1) is 12.3. The zero-order chi connectivity index (χ0) is 18.6. The van der Waals surface area contributed by atoms with Crippen LogP contribution in [0.2, 0.25) is 0 Å². The number of benzene rings is 2. The Morgan fingerprint density at radius 3 is 2.19 bits per heavy atom. The van der Waals surface area contributed by atoms with Crippen LogP contribution in [0.15, 0.2) is 47.1 Å². The summed E-state index contributed by atoms with van der Waals surface area (Å²) in [6.45, 7) is 13.1. The van der Waals surface area contributed by atoms with Gasteiger partial charge in [0.25, 0.3) is 0 Å². The number of ether oxygens (including phenoxy) is 1. The Morgan fingerprint density at radius 2 is 1.54 bits per heavy atom. The van der Waals surface area contributed by atoms with Gasteiger partial charge in [-0.3, -0.25) is 4.90 Å². The highest BCUT2D eigenvalue weighted by Gasteiger charge is 2.32. The second-order valence-corrected chi connectivity index (χ2v) is 8.17. The van der Waals surface area contributed by atoms with E-state index in [0.29, 0.717) is 0 Å². The van der Waals surface area contributed by atoms with Crippen molar-refractivity contribution < 1.29 is 9.15 Å². The summed E-state index contributed by atoms with van der Waals surface area (Å²) < 4.78 is 12.0. The maximum Gasteiger partial charge on any atom is 0.248 e. The normalized spacial score (nSPS) is 13.2. The molecular weight excluding hydrogens is 322 g/mol. The van der Waals surface area contributed by atoms with E-state index in [9.17, 15) is 0 Å². The summed E-state index contributed by atoms with van der Waals surface area (Å²) in [6.07, 6.45) is 1.76. The lowest BCUT2D eigenvalue weighted by Crippen LogP contribution is -2.18. The van der Waals surface area contributed by atoms with Crippen LogP contribution in [0.1, 0.15) is 43.0 Å². The number of nitrogens with zero attached hydrogens (tertiary/aromatic N) is 1. The second kappa shape index (κ2) is 5.66. The van der Waals surface area contributed by atoms with Crippen LogP contribution in [0.5, 0.6) is 11.5 Å². The number of hydrogen-bond acceptors (Lipinski definition) is 3. The van der Waals surface area contributed by atoms with Gasteiger partial charge < -0.3 is 9.15 Å². The zero-order valence-electron chi connectivity index (χ0n) is 16.3. The van der Waals surface area contributed by atoms with E-state index in [-0.39, 0.29) is 5.41 Å². The molecule has 0 N–H and O–H groups in total. The zero-order valence-corrected chi connectivity index (χ0v) is 16.3. The van der Waals surface area contributed by atoms with Crippen molar-refractivity contribution in [1.82, 2.24) is 0 Å². The summed E-state index contributed by atoms with van der Waals surface area (Å²) in [5, 5.41) is 0. The molecule has 0 aliphatic carbocycles. The first kappa shape index (κ1) is 16.8. The predicted molar refractivity (Wildman–Crippen MR) is 106 cm³/mol. The highest BCUT2D eigenvalue weighted by Crippen LogP contribution is 2.53. The van der Waals surface area contributed by atoms with Crippen molar-refractivity contribution in [1.29, 1.82) is 0 Å². The van der Waals surface area contributed by atoms with Crippen molar-refractivity contribution in [2.24, 2.45) is 0 Å². The van der Waals surface area contributed by atoms with Crippen LogP contribution >= 0.6 is 0 Å². The average molecular weight is 347 g/mol. The van der Waals surface area contributed by atoms with E-state index in [1.165, 1.54) is 16.7 Å². The van der Waals surface area contributed by atoms with Gasteiger partial charge >= 0.3 is 0 Å². The summed E-state index contributed by atoms with van der Waals surface area (Å²) in [5.74, 6) is 2.39. The molecule has 0 saturated heterocycles. The molecule has 26 heavy (non-hydrogen) atoms. The molecule has 0 bridgehead atoms. The molecule has 3 aromatic rings. The van der Waals surface area contributed by atoms with E-state index < -0.39 is 0 Å². The molecule has 1 aromatic heterocycles. The molecule has 2 aromatic carbocycles. The van der Waals surface area contributed by atoms with Gasteiger partial charge in [-0.2, -0.15) is 0 Å². The third-order valence-electron chi connectivity index (χ3n) is 5.00. The van der Waals surface area contributed by atoms with Gasteiger partial charge in [0, 0.05) is 5.56 Å². The fourth-order valence-corrected chi connectivity index (χ4v) is 3.61. The van der Waals surface area contributed by atoms with Gasteiger partial charge in [-0.05, 0) is 55.0 Å². The van der Waals surface area contributed by atoms with E-state index in [0.717, 1.165) is 34.3 Å². The van der Waals surface area contributed by atoms with Crippen molar-refractivity contribution in [3.8, 4) is 11.5 Å². The summed E-state index contributed by atoms with van der Waals surface area (Å²) in [6, 6.07) is 12.7. The minimum Gasteiger partial charge on any atom is -0.449 e. The van der Waals surface area contributed by atoms with Gasteiger partial charge in [0.1, 0.15) is 6.26 Å². The van der Waals surface area contributed by atoms with E-state index in [4.69, 9.17) is 9.15 Å². The molecule has 3 nitrogen and oxygen atoms in total. The number of rotatable bonds is 1. The summed E-state index contributed by atoms with van der Waals surface area (Å²) in [5.41, 5.74) is 7.07. The van der Waals surface area contributed by atoms with Crippen LogP contribution in [0.4, 0.5) is 17.3 Å². The minimum absolute atomic E-state index is 0.114. The summed E-state index contributed by atoms with van der Waals surface area (Å²) in [4.78, 5) is 2.19. The van der Waals surface area contributed by atoms with E-state index >= 15 is 0 Å². The molecule has 1 aliphatic heterocycles. The SMILES string of the molecule is Cc1coc2c1Oc1ccccc1N2c1c(C)cc(C(C)(C)C)cc1C. The highest BCUT2D eigenvalue weighted by atomic mass is 16.5. The van der Waals surface area contributed by atoms with Gasteiger partial charge in [0.05, 0.1) is 11.4 Å². The molecule has 0 unspecified atom stereocenters. The Kier molecular flexibility index (Phi) is 3.65. The number of furan rings is 1. The van der Waals surface area contributed by atoms with Crippen molar-refractivity contribution >= 4 is 17.3 Å². The van der Waals surface area contributed by atoms with Crippen molar-refractivity contribution in [3.63, 3.8) is 0 Å². The molecule has 0 fully saturated rings. The lowest BCUT2D eigenvalue weighted by molar-refractivity contribution is 0.456. The van der Waals surface area contributed by atoms with Gasteiger partial charge in [-0.15, -0.1) is 0 Å². The van der Waals surface area contributed by atoms with E-state index in [2.05, 4.69) is 57.7 Å². The minimum atomic E-state index is 0.114. The molecule has 0 amide bonds. The topological polar surface area (TPSA) is 25.6 Å². The first-order valence-corrected chi connectivity index (χ1v) is 9.04. The fraction of sp³-hybridized carbons (Fsp3) is 0.304. The predicted octanol–water partition coefficient (Wildman–Crippen LogP) is 7.08. The number of fused-ring (bicyclic) bond motifs is 2. The van der Waals surface area contributed by atoms with Crippen LogP contribution in [0.25, 0.3) is 0 Å². The monoisotopic (exact) mass is 347 g/mol. The number of aryl methyl sites for hydroxylation is 3. The molecule has 1 aliphatic rings. The van der Waals surface area contributed by atoms with E-state index in [1.54, 1.807) is 6.26 Å². The Balaban J connectivity index is 1.97. The summed E-state index contributed by atoms with van der Waals surface area (Å²) in [7, 11) is 0. The largest absolute Gasteiger partial charge is 0.449 e. The number of hydrogen-bond donors (Lipinski definition) is 0. The van der Waals surface area contributed by atoms with Gasteiger partial charge in [-0.1, -0.05) is 45.0 Å². The molecule has 134 valence electrons. The standard InChI is InChI=1S/C23H25NO2/c1-14-11-17(23(4,5)6)12-15(2)20(14)24-18-9-7-8-10-19(18)26-21-16(3)13-25-22(21)24/h7-13H,1-6H3. The third-order valence-corrected chi connectivity index (χ3v) is 5.00. The molecule has 0 saturated carbocycles. The lowest BCUT2D eigenvalue weighted by atomic mass is 9.84. The molecular formula is C23H25NO2. The quantitative estimate of drug-likeness (QED) is 0.368. The number of anilines is 3. The van der Waals surface area contributed by atoms with Crippen LogP contribution in [-0.2, 0) is 5.41 Å². The van der Waals surface area contributed by atoms with Crippen molar-refractivity contribution in [3.05, 3.63) is 64.9 Å². The maximum absolute atomic E-state index is 6.12. The van der Waals surface area contributed by atoms with Gasteiger partial charge in [0.15, 0.2) is 11.5 Å². The van der Waals surface area contributed by atoms with Crippen LogP contribution in [0.3, 0.4) is 0 Å². The molecule has 4 rings (SSSR count). The molecule has 0 radical (unpaired) electrons. The van der Waals surface area contributed by atoms with Gasteiger partial charge in [0.2, 0.25) is 5.88 Å². The summed E-state index contributed by atoms with van der Waals surface area (Å²) >= 11 is 0. The Bertz CT molecular complexity index is 969. The highest BCUT2D eigenvalue weighted by molar-refractivity contribution is 5.86. The van der Waals surface area contributed by atoms with Gasteiger partial charge in [-0.25, -0.2) is 0 Å². The molecule has 0 atom stereocenters. The van der Waals surface area contributed by atoms with Crippen LogP contribution < -0.4 is 9.64 Å². The Hall–Kier alpha value is -2.68. The lowest BCUT2D eigenvalue weighted by Gasteiger charge is -2.32.